The summed E-state index contributed by atoms with van der Waals surface area (Å²) in [4.78, 5) is 36.6. The lowest BCUT2D eigenvalue weighted by molar-refractivity contribution is -0.141. The first kappa shape index (κ1) is 18.3. The highest BCUT2D eigenvalue weighted by Gasteiger charge is 2.54. The topological polar surface area (TPSA) is 87.3 Å². The van der Waals surface area contributed by atoms with Crippen molar-refractivity contribution in [1.82, 2.24) is 16.0 Å². The van der Waals surface area contributed by atoms with Crippen LogP contribution >= 0.6 is 11.6 Å². The standard InChI is InChI=1S/C20H24ClN3O3/c1-11-5-2-3-8-20(11,12-6-4-7-13(21)9-12)24-18(26)15-10-14-16(15)22-19(27)23-17(14)25/h4,6-7,9,11,14-16H,2-3,5,8,10H2,1H3,(H,24,26)(H2,22,23,25,27)/t11-,14?,15-,16?,20+/m0/s1. The van der Waals surface area contributed by atoms with Crippen molar-refractivity contribution in [1.29, 1.82) is 0 Å². The Hall–Kier alpha value is -2.08. The van der Waals surface area contributed by atoms with Gasteiger partial charge < -0.3 is 10.6 Å². The Morgan fingerprint density at radius 3 is 2.85 bits per heavy atom. The maximum absolute atomic E-state index is 13.1. The molecule has 27 heavy (non-hydrogen) atoms. The van der Waals surface area contributed by atoms with Crippen LogP contribution in [0, 0.1) is 17.8 Å². The number of carbonyl (C=O) groups excluding carboxylic acids is 3. The number of benzene rings is 1. The molecule has 2 saturated carbocycles. The Balaban J connectivity index is 1.58. The first-order valence-electron chi connectivity index (χ1n) is 9.60. The first-order chi connectivity index (χ1) is 12.9. The van der Waals surface area contributed by atoms with E-state index in [0.717, 1.165) is 31.2 Å². The van der Waals surface area contributed by atoms with Crippen molar-refractivity contribution >= 4 is 29.4 Å². The van der Waals surface area contributed by atoms with E-state index in [4.69, 9.17) is 11.6 Å². The highest BCUT2D eigenvalue weighted by Crippen LogP contribution is 2.44. The quantitative estimate of drug-likeness (QED) is 0.742. The molecule has 3 aliphatic rings. The van der Waals surface area contributed by atoms with Gasteiger partial charge in [-0.25, -0.2) is 4.79 Å². The van der Waals surface area contributed by atoms with Crippen molar-refractivity contribution in [2.75, 3.05) is 0 Å². The third-order valence-corrected chi connectivity index (χ3v) is 6.80. The van der Waals surface area contributed by atoms with Gasteiger partial charge in [0, 0.05) is 5.02 Å². The van der Waals surface area contributed by atoms with Crippen LogP contribution in [0.1, 0.15) is 44.6 Å². The summed E-state index contributed by atoms with van der Waals surface area (Å²) in [6.07, 6.45) is 4.52. The minimum absolute atomic E-state index is 0.0972. The van der Waals surface area contributed by atoms with Crippen LogP contribution in [0.3, 0.4) is 0 Å². The zero-order chi connectivity index (χ0) is 19.2. The van der Waals surface area contributed by atoms with E-state index >= 15 is 0 Å². The van der Waals surface area contributed by atoms with Crippen molar-refractivity contribution < 1.29 is 14.4 Å². The zero-order valence-electron chi connectivity index (χ0n) is 15.3. The molecule has 3 fully saturated rings. The Labute approximate surface area is 163 Å². The third-order valence-electron chi connectivity index (χ3n) is 6.57. The molecular formula is C20H24ClN3O3. The van der Waals surface area contributed by atoms with Crippen LogP contribution in [-0.4, -0.2) is 23.9 Å². The van der Waals surface area contributed by atoms with Crippen LogP contribution < -0.4 is 16.0 Å². The minimum atomic E-state index is -0.519. The molecule has 5 atom stereocenters. The maximum atomic E-state index is 13.1. The molecule has 0 radical (unpaired) electrons. The summed E-state index contributed by atoms with van der Waals surface area (Å²) in [5.74, 6) is -0.809. The number of halogens is 1. The van der Waals surface area contributed by atoms with E-state index in [-0.39, 0.29) is 29.6 Å². The van der Waals surface area contributed by atoms with Crippen LogP contribution in [0.5, 0.6) is 0 Å². The second-order valence-corrected chi connectivity index (χ2v) is 8.49. The van der Waals surface area contributed by atoms with Gasteiger partial charge in [-0.15, -0.1) is 0 Å². The fourth-order valence-corrected chi connectivity index (χ4v) is 5.09. The van der Waals surface area contributed by atoms with Crippen molar-refractivity contribution in [2.24, 2.45) is 17.8 Å². The van der Waals surface area contributed by atoms with Gasteiger partial charge >= 0.3 is 6.03 Å². The molecule has 1 aliphatic heterocycles. The van der Waals surface area contributed by atoms with Crippen molar-refractivity contribution in [2.45, 2.75) is 50.6 Å². The number of urea groups is 1. The van der Waals surface area contributed by atoms with Gasteiger partial charge in [0.25, 0.3) is 0 Å². The zero-order valence-corrected chi connectivity index (χ0v) is 16.0. The van der Waals surface area contributed by atoms with E-state index in [2.05, 4.69) is 22.9 Å². The van der Waals surface area contributed by atoms with Gasteiger partial charge in [0.2, 0.25) is 11.8 Å². The van der Waals surface area contributed by atoms with Crippen molar-refractivity contribution in [3.8, 4) is 0 Å². The second-order valence-electron chi connectivity index (χ2n) is 8.05. The number of fused-ring (bicyclic) bond motifs is 1. The number of imide groups is 1. The number of rotatable bonds is 3. The predicted octanol–water partition coefficient (Wildman–Crippen LogP) is 2.71. The van der Waals surface area contributed by atoms with E-state index < -0.39 is 17.6 Å². The number of hydrogen-bond donors (Lipinski definition) is 3. The van der Waals surface area contributed by atoms with E-state index in [9.17, 15) is 14.4 Å². The van der Waals surface area contributed by atoms with Crippen LogP contribution in [0.25, 0.3) is 0 Å². The number of hydrogen-bond acceptors (Lipinski definition) is 3. The summed E-state index contributed by atoms with van der Waals surface area (Å²) in [7, 11) is 0. The molecule has 0 bridgehead atoms. The van der Waals surface area contributed by atoms with Crippen LogP contribution in [0.2, 0.25) is 5.02 Å². The van der Waals surface area contributed by atoms with Crippen molar-refractivity contribution in [3.63, 3.8) is 0 Å². The summed E-state index contributed by atoms with van der Waals surface area (Å²) in [5, 5.41) is 8.96. The van der Waals surface area contributed by atoms with Gasteiger partial charge in [-0.1, -0.05) is 43.5 Å². The lowest BCUT2D eigenvalue weighted by atomic mass is 9.66. The summed E-state index contributed by atoms with van der Waals surface area (Å²) >= 11 is 6.23. The van der Waals surface area contributed by atoms with E-state index in [1.165, 1.54) is 0 Å². The predicted molar refractivity (Wildman–Crippen MR) is 101 cm³/mol. The fourth-order valence-electron chi connectivity index (χ4n) is 4.90. The maximum Gasteiger partial charge on any atom is 0.321 e. The van der Waals surface area contributed by atoms with Gasteiger partial charge in [0.15, 0.2) is 0 Å². The summed E-state index contributed by atoms with van der Waals surface area (Å²) in [5.41, 5.74) is 0.559. The van der Waals surface area contributed by atoms with Gasteiger partial charge in [0.05, 0.1) is 23.4 Å². The molecule has 144 valence electrons. The second kappa shape index (κ2) is 6.82. The number of nitrogens with one attached hydrogen (secondary N) is 3. The smallest absolute Gasteiger partial charge is 0.321 e. The SMILES string of the molecule is C[C@H]1CCCC[C@]1(NC(=O)[C@H]1CC2C(=O)NC(=O)NC21)c1cccc(Cl)c1. The Morgan fingerprint density at radius 2 is 2.11 bits per heavy atom. The van der Waals surface area contributed by atoms with E-state index in [1.54, 1.807) is 0 Å². The van der Waals surface area contributed by atoms with Crippen LogP contribution in [0.4, 0.5) is 4.79 Å². The van der Waals surface area contributed by atoms with Gasteiger partial charge in [-0.3, -0.25) is 14.9 Å². The lowest BCUT2D eigenvalue weighted by Crippen LogP contribution is -2.69. The monoisotopic (exact) mass is 389 g/mol. The van der Waals surface area contributed by atoms with Crippen molar-refractivity contribution in [3.05, 3.63) is 34.9 Å². The van der Waals surface area contributed by atoms with E-state index in [0.29, 0.717) is 11.4 Å². The molecule has 2 unspecified atom stereocenters. The summed E-state index contributed by atoms with van der Waals surface area (Å²) in [6, 6.07) is 6.77. The fraction of sp³-hybridized carbons (Fsp3) is 0.550. The normalized spacial score (nSPS) is 35.3. The first-order valence-corrected chi connectivity index (χ1v) is 9.98. The molecule has 6 nitrogen and oxygen atoms in total. The largest absolute Gasteiger partial charge is 0.346 e. The van der Waals surface area contributed by atoms with Gasteiger partial charge in [0.1, 0.15) is 0 Å². The van der Waals surface area contributed by atoms with E-state index in [1.807, 2.05) is 24.3 Å². The van der Waals surface area contributed by atoms with Gasteiger partial charge in [-0.2, -0.15) is 0 Å². The average molecular weight is 390 g/mol. The summed E-state index contributed by atoms with van der Waals surface area (Å²) in [6.45, 7) is 2.17. The van der Waals surface area contributed by atoms with Crippen LogP contribution in [-0.2, 0) is 15.1 Å². The lowest BCUT2D eigenvalue weighted by Gasteiger charge is -2.49. The summed E-state index contributed by atoms with van der Waals surface area (Å²) < 4.78 is 0. The Bertz CT molecular complexity index is 798. The highest BCUT2D eigenvalue weighted by atomic mass is 35.5. The Morgan fingerprint density at radius 1 is 1.30 bits per heavy atom. The number of carbonyl (C=O) groups is 3. The molecule has 1 saturated heterocycles. The number of amides is 4. The minimum Gasteiger partial charge on any atom is -0.346 e. The molecule has 0 spiro atoms. The molecule has 4 rings (SSSR count). The average Bonchev–Trinajstić information content (AvgIpc) is 2.60. The molecule has 1 aromatic rings. The van der Waals surface area contributed by atoms with Crippen LogP contribution in [0.15, 0.2) is 24.3 Å². The molecule has 1 aromatic carbocycles. The third kappa shape index (κ3) is 3.10. The molecule has 3 N–H and O–H groups in total. The molecule has 4 amide bonds. The molecule has 2 aliphatic carbocycles. The molecule has 1 heterocycles. The molecular weight excluding hydrogens is 366 g/mol. The molecule has 7 heteroatoms. The highest BCUT2D eigenvalue weighted by molar-refractivity contribution is 6.30. The molecule has 0 aromatic heterocycles. The Kier molecular flexibility index (Phi) is 4.62. The van der Waals surface area contributed by atoms with Gasteiger partial charge in [-0.05, 0) is 42.9 Å².